The first-order valence-corrected chi connectivity index (χ1v) is 10.2. The van der Waals surface area contributed by atoms with Crippen LogP contribution in [-0.4, -0.2) is 4.92 Å². The van der Waals surface area contributed by atoms with E-state index in [9.17, 15) is 14.9 Å². The predicted octanol–water partition coefficient (Wildman–Crippen LogP) is 6.09. The van der Waals surface area contributed by atoms with Crippen LogP contribution in [0.15, 0.2) is 94.1 Å². The molecule has 154 valence electrons. The van der Waals surface area contributed by atoms with Crippen LogP contribution in [0, 0.1) is 10.1 Å². The molecular weight excluding hydrogens is 404 g/mol. The molecule has 6 nitrogen and oxygen atoms in total. The molecular formula is C26H16N2O4. The Bertz CT molecular complexity index is 1600. The van der Waals surface area contributed by atoms with Gasteiger partial charge in [0, 0.05) is 29.1 Å². The van der Waals surface area contributed by atoms with E-state index < -0.39 is 16.5 Å². The van der Waals surface area contributed by atoms with Gasteiger partial charge in [0.2, 0.25) is 0 Å². The monoisotopic (exact) mass is 420 g/mol. The van der Waals surface area contributed by atoms with E-state index in [4.69, 9.17) is 4.42 Å². The average molecular weight is 420 g/mol. The van der Waals surface area contributed by atoms with Gasteiger partial charge in [0.1, 0.15) is 5.58 Å². The van der Waals surface area contributed by atoms with E-state index in [1.165, 1.54) is 12.1 Å². The molecule has 0 saturated heterocycles. The summed E-state index contributed by atoms with van der Waals surface area (Å²) in [5, 5.41) is 17.5. The van der Waals surface area contributed by atoms with Gasteiger partial charge in [0.15, 0.2) is 0 Å². The molecule has 1 atom stereocenters. The second-order valence-corrected chi connectivity index (χ2v) is 7.83. The summed E-state index contributed by atoms with van der Waals surface area (Å²) < 4.78 is 5.70. The summed E-state index contributed by atoms with van der Waals surface area (Å²) in [5.74, 6) is -0.436. The van der Waals surface area contributed by atoms with Gasteiger partial charge in [-0.3, -0.25) is 10.1 Å². The van der Waals surface area contributed by atoms with Gasteiger partial charge < -0.3 is 9.73 Å². The number of nitrogens with zero attached hydrogens (tertiary/aromatic N) is 1. The Morgan fingerprint density at radius 3 is 2.31 bits per heavy atom. The molecule has 0 spiro atoms. The second-order valence-electron chi connectivity index (χ2n) is 7.83. The first-order chi connectivity index (χ1) is 15.6. The zero-order valence-corrected chi connectivity index (χ0v) is 16.7. The Morgan fingerprint density at radius 1 is 0.812 bits per heavy atom. The molecule has 2 heterocycles. The van der Waals surface area contributed by atoms with Crippen molar-refractivity contribution in [1.82, 2.24) is 0 Å². The smallest absolute Gasteiger partial charge is 0.342 e. The van der Waals surface area contributed by atoms with E-state index in [0.717, 1.165) is 33.0 Å². The molecule has 1 aliphatic heterocycles. The van der Waals surface area contributed by atoms with E-state index in [2.05, 4.69) is 5.32 Å². The van der Waals surface area contributed by atoms with Crippen molar-refractivity contribution < 1.29 is 9.34 Å². The number of nitrogens with one attached hydrogen (secondary N) is 1. The number of anilines is 2. The SMILES string of the molecule is O=c1oc2ccccc2c2c1[C@@H](c1ccc([N+](=O)[O-])cc1)c1c(ccc3ccccc13)N2. The minimum atomic E-state index is -0.436. The van der Waals surface area contributed by atoms with Gasteiger partial charge in [0.25, 0.3) is 5.69 Å². The van der Waals surface area contributed by atoms with Crippen molar-refractivity contribution >= 4 is 38.8 Å². The van der Waals surface area contributed by atoms with E-state index in [1.807, 2.05) is 54.6 Å². The fraction of sp³-hybridized carbons (Fsp3) is 0.0385. The van der Waals surface area contributed by atoms with Crippen LogP contribution in [0.25, 0.3) is 21.7 Å². The fourth-order valence-corrected chi connectivity index (χ4v) is 4.68. The zero-order chi connectivity index (χ0) is 21.8. The number of non-ortho nitro benzene ring substituents is 1. The molecule has 0 bridgehead atoms. The molecule has 32 heavy (non-hydrogen) atoms. The van der Waals surface area contributed by atoms with Crippen molar-refractivity contribution in [3.63, 3.8) is 0 Å². The molecule has 1 aliphatic rings. The minimum absolute atomic E-state index is 0.00611. The van der Waals surface area contributed by atoms with Gasteiger partial charge in [-0.1, -0.05) is 54.6 Å². The molecule has 0 fully saturated rings. The topological polar surface area (TPSA) is 85.4 Å². The summed E-state index contributed by atoms with van der Waals surface area (Å²) in [6.07, 6.45) is 0. The first-order valence-electron chi connectivity index (χ1n) is 10.2. The van der Waals surface area contributed by atoms with Crippen molar-refractivity contribution in [2.45, 2.75) is 5.92 Å². The highest BCUT2D eigenvalue weighted by atomic mass is 16.6. The molecule has 0 aliphatic carbocycles. The molecule has 5 aromatic rings. The lowest BCUT2D eigenvalue weighted by molar-refractivity contribution is -0.384. The molecule has 0 amide bonds. The zero-order valence-electron chi connectivity index (χ0n) is 16.7. The third-order valence-corrected chi connectivity index (χ3v) is 6.09. The summed E-state index contributed by atoms with van der Waals surface area (Å²) >= 11 is 0. The minimum Gasteiger partial charge on any atom is -0.422 e. The van der Waals surface area contributed by atoms with Crippen molar-refractivity contribution in [3.05, 3.63) is 122 Å². The maximum Gasteiger partial charge on any atom is 0.342 e. The van der Waals surface area contributed by atoms with Crippen LogP contribution in [0.5, 0.6) is 0 Å². The Labute approximate surface area is 181 Å². The summed E-state index contributed by atoms with van der Waals surface area (Å²) in [4.78, 5) is 24.0. The van der Waals surface area contributed by atoms with Gasteiger partial charge in [-0.15, -0.1) is 0 Å². The second kappa shape index (κ2) is 6.78. The summed E-state index contributed by atoms with van der Waals surface area (Å²) in [5.41, 5.74) is 3.94. The highest BCUT2D eigenvalue weighted by Gasteiger charge is 2.33. The van der Waals surface area contributed by atoms with Crippen LogP contribution in [0.3, 0.4) is 0 Å². The molecule has 6 heteroatoms. The highest BCUT2D eigenvalue weighted by Crippen LogP contribution is 2.48. The summed E-state index contributed by atoms with van der Waals surface area (Å²) in [6, 6.07) is 25.9. The van der Waals surface area contributed by atoms with Gasteiger partial charge >= 0.3 is 5.63 Å². The standard InChI is InChI=1S/C26H16N2O4/c29-26-24-22(16-9-12-17(13-10-16)28(30)31)23-18-6-2-1-5-15(18)11-14-20(23)27-25(24)19-7-3-4-8-21(19)32-26/h1-14,22,27H/t22-/m0/s1. The van der Waals surface area contributed by atoms with Gasteiger partial charge in [-0.25, -0.2) is 4.79 Å². The number of fused-ring (bicyclic) bond motifs is 6. The molecule has 4 aromatic carbocycles. The maximum absolute atomic E-state index is 13.3. The third-order valence-electron chi connectivity index (χ3n) is 6.09. The molecule has 1 aromatic heterocycles. The van der Waals surface area contributed by atoms with Crippen molar-refractivity contribution in [2.24, 2.45) is 0 Å². The Morgan fingerprint density at radius 2 is 1.53 bits per heavy atom. The van der Waals surface area contributed by atoms with E-state index in [0.29, 0.717) is 16.8 Å². The molecule has 0 unspecified atom stereocenters. The number of nitro benzene ring substituents is 1. The number of hydrogen-bond acceptors (Lipinski definition) is 5. The van der Waals surface area contributed by atoms with Crippen molar-refractivity contribution in [2.75, 3.05) is 5.32 Å². The van der Waals surface area contributed by atoms with E-state index >= 15 is 0 Å². The van der Waals surface area contributed by atoms with Crippen LogP contribution in [0.2, 0.25) is 0 Å². The third kappa shape index (κ3) is 2.63. The predicted molar refractivity (Wildman–Crippen MR) is 124 cm³/mol. The summed E-state index contributed by atoms with van der Waals surface area (Å²) in [6.45, 7) is 0. The van der Waals surface area contributed by atoms with Crippen LogP contribution in [0.1, 0.15) is 22.6 Å². The quantitative estimate of drug-likeness (QED) is 0.208. The lowest BCUT2D eigenvalue weighted by atomic mass is 9.79. The van der Waals surface area contributed by atoms with Crippen molar-refractivity contribution in [3.8, 4) is 0 Å². The Kier molecular flexibility index (Phi) is 3.89. The largest absolute Gasteiger partial charge is 0.422 e. The molecule has 0 radical (unpaired) electrons. The van der Waals surface area contributed by atoms with Gasteiger partial charge in [0.05, 0.1) is 16.2 Å². The highest BCUT2D eigenvalue weighted by molar-refractivity contribution is 6.00. The molecule has 0 saturated carbocycles. The molecule has 6 rings (SSSR count). The number of rotatable bonds is 2. The lowest BCUT2D eigenvalue weighted by Gasteiger charge is -2.30. The van der Waals surface area contributed by atoms with Crippen LogP contribution in [0.4, 0.5) is 17.1 Å². The Balaban J connectivity index is 1.72. The number of hydrogen-bond donors (Lipinski definition) is 1. The normalized spacial score (nSPS) is 14.6. The number of para-hydroxylation sites is 1. The van der Waals surface area contributed by atoms with E-state index in [-0.39, 0.29) is 5.69 Å². The van der Waals surface area contributed by atoms with Crippen molar-refractivity contribution in [1.29, 1.82) is 0 Å². The van der Waals surface area contributed by atoms with E-state index in [1.54, 1.807) is 18.2 Å². The van der Waals surface area contributed by atoms with Crippen LogP contribution >= 0.6 is 0 Å². The average Bonchev–Trinajstić information content (AvgIpc) is 2.83. The molecule has 1 N–H and O–H groups in total. The number of nitro groups is 1. The fourth-order valence-electron chi connectivity index (χ4n) is 4.68. The Hall–Kier alpha value is -4.45. The first kappa shape index (κ1) is 18.3. The van der Waals surface area contributed by atoms with Crippen LogP contribution < -0.4 is 10.9 Å². The van der Waals surface area contributed by atoms with Gasteiger partial charge in [-0.05, 0) is 40.1 Å². The summed E-state index contributed by atoms with van der Waals surface area (Å²) in [7, 11) is 0. The van der Waals surface area contributed by atoms with Crippen LogP contribution in [-0.2, 0) is 0 Å². The number of benzene rings is 4. The van der Waals surface area contributed by atoms with Gasteiger partial charge in [-0.2, -0.15) is 0 Å². The lowest BCUT2D eigenvalue weighted by Crippen LogP contribution is -2.22. The maximum atomic E-state index is 13.3.